The average Bonchev–Trinajstić information content (AvgIpc) is 2.85. The van der Waals surface area contributed by atoms with Crippen molar-refractivity contribution in [2.45, 2.75) is 39.2 Å². The van der Waals surface area contributed by atoms with Gasteiger partial charge in [-0.25, -0.2) is 4.99 Å². The number of hydrogen-bond acceptors (Lipinski definition) is 3. The maximum absolute atomic E-state index is 11.3. The van der Waals surface area contributed by atoms with Gasteiger partial charge in [0.2, 0.25) is 5.90 Å². The predicted molar refractivity (Wildman–Crippen MR) is 72.2 cm³/mol. The highest BCUT2D eigenvalue weighted by Crippen LogP contribution is 2.17. The number of aliphatic imine (C=N–C) groups is 1. The van der Waals surface area contributed by atoms with Crippen molar-refractivity contribution in [2.75, 3.05) is 6.61 Å². The summed E-state index contributed by atoms with van der Waals surface area (Å²) < 4.78 is 5.62. The molecule has 0 bridgehead atoms. The van der Waals surface area contributed by atoms with E-state index in [4.69, 9.17) is 4.74 Å². The Morgan fingerprint density at radius 2 is 2.33 bits per heavy atom. The van der Waals surface area contributed by atoms with E-state index in [1.165, 1.54) is 12.8 Å². The summed E-state index contributed by atoms with van der Waals surface area (Å²) in [5.41, 5.74) is 1.61. The van der Waals surface area contributed by atoms with Gasteiger partial charge in [-0.15, -0.1) is 0 Å². The molecule has 0 amide bonds. The summed E-state index contributed by atoms with van der Waals surface area (Å²) in [6.07, 6.45) is 3.44. The third-order valence-corrected chi connectivity index (χ3v) is 3.12. The maximum atomic E-state index is 11.3. The molecule has 1 aromatic rings. The van der Waals surface area contributed by atoms with Crippen molar-refractivity contribution in [3.8, 4) is 0 Å². The van der Waals surface area contributed by atoms with E-state index in [2.05, 4.69) is 11.9 Å². The first kappa shape index (κ1) is 12.8. The second kappa shape index (κ2) is 5.80. The number of hydrogen-bond donors (Lipinski definition) is 0. The Kier molecular flexibility index (Phi) is 4.13. The van der Waals surface area contributed by atoms with Crippen LogP contribution in [0.3, 0.4) is 0 Å². The minimum atomic E-state index is 0.0676. The zero-order valence-corrected chi connectivity index (χ0v) is 11.0. The van der Waals surface area contributed by atoms with Crippen molar-refractivity contribution in [3.05, 3.63) is 35.4 Å². The summed E-state index contributed by atoms with van der Waals surface area (Å²) in [5, 5.41) is 0. The van der Waals surface area contributed by atoms with Crippen molar-refractivity contribution >= 4 is 11.7 Å². The third kappa shape index (κ3) is 2.97. The smallest absolute Gasteiger partial charge is 0.216 e. The third-order valence-electron chi connectivity index (χ3n) is 3.12. The predicted octanol–water partition coefficient (Wildman–Crippen LogP) is 3.22. The van der Waals surface area contributed by atoms with E-state index in [9.17, 15) is 4.79 Å². The van der Waals surface area contributed by atoms with Gasteiger partial charge in [0, 0.05) is 11.1 Å². The van der Waals surface area contributed by atoms with Gasteiger partial charge < -0.3 is 4.74 Å². The van der Waals surface area contributed by atoms with Gasteiger partial charge in [-0.3, -0.25) is 4.79 Å². The van der Waals surface area contributed by atoms with E-state index in [1.54, 1.807) is 6.92 Å². The topological polar surface area (TPSA) is 38.7 Å². The summed E-state index contributed by atoms with van der Waals surface area (Å²) in [7, 11) is 0. The second-order valence-electron chi connectivity index (χ2n) is 4.68. The molecule has 18 heavy (non-hydrogen) atoms. The minimum Gasteiger partial charge on any atom is -0.475 e. The Bertz CT molecular complexity index is 465. The highest BCUT2D eigenvalue weighted by Gasteiger charge is 2.19. The van der Waals surface area contributed by atoms with Gasteiger partial charge >= 0.3 is 0 Å². The molecule has 0 spiro atoms. The second-order valence-corrected chi connectivity index (χ2v) is 4.68. The van der Waals surface area contributed by atoms with Crippen LogP contribution in [0.2, 0.25) is 0 Å². The minimum absolute atomic E-state index is 0.0676. The lowest BCUT2D eigenvalue weighted by molar-refractivity contribution is 0.101. The summed E-state index contributed by atoms with van der Waals surface area (Å²) >= 11 is 0. The van der Waals surface area contributed by atoms with Crippen LogP contribution in [-0.2, 0) is 4.74 Å². The number of unbranched alkanes of at least 4 members (excludes halogenated alkanes) is 1. The monoisotopic (exact) mass is 245 g/mol. The van der Waals surface area contributed by atoms with Gasteiger partial charge in [0.25, 0.3) is 0 Å². The molecule has 0 saturated heterocycles. The van der Waals surface area contributed by atoms with E-state index in [1.807, 2.05) is 24.3 Å². The molecule has 1 heterocycles. The lowest BCUT2D eigenvalue weighted by Gasteiger charge is -2.02. The molecule has 2 rings (SSSR count). The molecule has 96 valence electrons. The van der Waals surface area contributed by atoms with Gasteiger partial charge in [-0.1, -0.05) is 31.9 Å². The Hall–Kier alpha value is -1.64. The maximum Gasteiger partial charge on any atom is 0.216 e. The molecular weight excluding hydrogens is 226 g/mol. The lowest BCUT2D eigenvalue weighted by Crippen LogP contribution is -2.05. The van der Waals surface area contributed by atoms with Crippen LogP contribution >= 0.6 is 0 Å². The van der Waals surface area contributed by atoms with Crippen LogP contribution in [0.15, 0.2) is 29.3 Å². The van der Waals surface area contributed by atoms with Crippen LogP contribution in [0.1, 0.15) is 49.0 Å². The van der Waals surface area contributed by atoms with E-state index in [0.29, 0.717) is 18.1 Å². The van der Waals surface area contributed by atoms with Gasteiger partial charge in [-0.2, -0.15) is 0 Å². The molecule has 0 unspecified atom stereocenters. The normalized spacial score (nSPS) is 18.3. The first-order valence-corrected chi connectivity index (χ1v) is 6.52. The zero-order chi connectivity index (χ0) is 13.0. The van der Waals surface area contributed by atoms with Crippen LogP contribution in [-0.4, -0.2) is 24.3 Å². The summed E-state index contributed by atoms with van der Waals surface area (Å²) in [6, 6.07) is 7.75. The van der Waals surface area contributed by atoms with E-state index in [-0.39, 0.29) is 11.8 Å². The first-order valence-electron chi connectivity index (χ1n) is 6.52. The fourth-order valence-corrected chi connectivity index (χ4v) is 2.03. The van der Waals surface area contributed by atoms with Crippen molar-refractivity contribution in [3.63, 3.8) is 0 Å². The molecule has 1 aliphatic rings. The number of carbonyl (C=O) groups excluding carboxylic acids is 1. The van der Waals surface area contributed by atoms with E-state index >= 15 is 0 Å². The van der Waals surface area contributed by atoms with Gasteiger partial charge in [0.1, 0.15) is 6.61 Å². The fraction of sp³-hybridized carbons (Fsp3) is 0.467. The quantitative estimate of drug-likeness (QED) is 0.747. The summed E-state index contributed by atoms with van der Waals surface area (Å²) in [5.74, 6) is 0.747. The fourth-order valence-electron chi connectivity index (χ4n) is 2.03. The Labute approximate surface area is 108 Å². The van der Waals surface area contributed by atoms with Crippen LogP contribution < -0.4 is 0 Å². The molecule has 3 heteroatoms. The van der Waals surface area contributed by atoms with E-state index in [0.717, 1.165) is 12.0 Å². The van der Waals surface area contributed by atoms with Crippen LogP contribution in [0.5, 0.6) is 0 Å². The summed E-state index contributed by atoms with van der Waals surface area (Å²) in [6.45, 7) is 4.41. The number of rotatable bonds is 5. The highest BCUT2D eigenvalue weighted by molar-refractivity contribution is 6.00. The molecule has 0 aromatic heterocycles. The average molecular weight is 245 g/mol. The number of nitrogens with zero attached hydrogens (tertiary/aromatic N) is 1. The molecule has 0 fully saturated rings. The largest absolute Gasteiger partial charge is 0.475 e. The lowest BCUT2D eigenvalue weighted by atomic mass is 10.1. The Balaban J connectivity index is 2.12. The SMILES string of the molecule is CCCC[C@H]1COC(c2cccc(C(C)=O)c2)=N1. The molecule has 0 aliphatic carbocycles. The Morgan fingerprint density at radius 3 is 3.06 bits per heavy atom. The number of ether oxygens (including phenoxy) is 1. The standard InChI is InChI=1S/C15H19NO2/c1-3-4-8-14-10-18-15(16-14)13-7-5-6-12(9-13)11(2)17/h5-7,9,14H,3-4,8,10H2,1-2H3/t14-/m0/s1. The van der Waals surface area contributed by atoms with Crippen LogP contribution in [0.4, 0.5) is 0 Å². The Morgan fingerprint density at radius 1 is 1.50 bits per heavy atom. The van der Waals surface area contributed by atoms with Gasteiger partial charge in [-0.05, 0) is 25.5 Å². The molecule has 1 atom stereocenters. The number of Topliss-reactive ketones (excluding diaryl/α,β-unsaturated/α-hetero) is 1. The number of ketones is 1. The van der Waals surface area contributed by atoms with Gasteiger partial charge in [0.15, 0.2) is 5.78 Å². The summed E-state index contributed by atoms with van der Waals surface area (Å²) in [4.78, 5) is 15.9. The first-order chi connectivity index (χ1) is 8.70. The molecule has 0 saturated carbocycles. The molecule has 1 aromatic carbocycles. The molecular formula is C15H19NO2. The van der Waals surface area contributed by atoms with Crippen molar-refractivity contribution in [1.82, 2.24) is 0 Å². The van der Waals surface area contributed by atoms with Crippen LogP contribution in [0, 0.1) is 0 Å². The molecule has 0 radical (unpaired) electrons. The highest BCUT2D eigenvalue weighted by atomic mass is 16.5. The van der Waals surface area contributed by atoms with Crippen LogP contribution in [0.25, 0.3) is 0 Å². The van der Waals surface area contributed by atoms with Crippen molar-refractivity contribution in [1.29, 1.82) is 0 Å². The van der Waals surface area contributed by atoms with E-state index < -0.39 is 0 Å². The van der Waals surface area contributed by atoms with Crippen molar-refractivity contribution in [2.24, 2.45) is 4.99 Å². The zero-order valence-electron chi connectivity index (χ0n) is 11.0. The molecule has 0 N–H and O–H groups in total. The van der Waals surface area contributed by atoms with Gasteiger partial charge in [0.05, 0.1) is 6.04 Å². The van der Waals surface area contributed by atoms with Crippen molar-refractivity contribution < 1.29 is 9.53 Å². The number of benzene rings is 1. The molecule has 3 nitrogen and oxygen atoms in total. The molecule has 1 aliphatic heterocycles. The number of carbonyl (C=O) groups is 1.